The van der Waals surface area contributed by atoms with Crippen LogP contribution in [0, 0.1) is 0 Å². The lowest BCUT2D eigenvalue weighted by Gasteiger charge is -2.26. The molecule has 0 fully saturated rings. The van der Waals surface area contributed by atoms with Gasteiger partial charge in [0.1, 0.15) is 0 Å². The largest absolute Gasteiger partial charge is 0.408 e. The Morgan fingerprint density at radius 1 is 1.38 bits per heavy atom. The minimum Gasteiger partial charge on any atom is -0.297 e. The maximum atomic E-state index is 12.0. The van der Waals surface area contributed by atoms with E-state index in [2.05, 4.69) is 0 Å². The van der Waals surface area contributed by atoms with Crippen molar-refractivity contribution >= 4 is 7.75 Å². The Bertz CT molecular complexity index is 184. The molecule has 0 aromatic rings. The summed E-state index contributed by atoms with van der Waals surface area (Å²) in [5, 5.41) is 0. The maximum absolute atomic E-state index is 12.0. The first kappa shape index (κ1) is 13.1. The summed E-state index contributed by atoms with van der Waals surface area (Å²) < 4.78 is 24.1. The van der Waals surface area contributed by atoms with Crippen molar-refractivity contribution in [3.63, 3.8) is 0 Å². The van der Waals surface area contributed by atoms with E-state index in [0.717, 1.165) is 0 Å². The van der Waals surface area contributed by atoms with Gasteiger partial charge in [0.05, 0.1) is 12.7 Å². The van der Waals surface area contributed by atoms with Crippen LogP contribution in [0.4, 0.5) is 0 Å². The van der Waals surface area contributed by atoms with Crippen molar-refractivity contribution in [1.29, 1.82) is 0 Å². The molecule has 13 heavy (non-hydrogen) atoms. The van der Waals surface area contributed by atoms with Gasteiger partial charge in [0.15, 0.2) is 0 Å². The number of rotatable bonds is 6. The Balaban J connectivity index is 4.42. The molecule has 0 radical (unpaired) electrons. The second-order valence-electron chi connectivity index (χ2n) is 3.01. The molecular weight excluding hydrogens is 189 g/mol. The van der Waals surface area contributed by atoms with E-state index in [1.807, 2.05) is 20.8 Å². The first-order chi connectivity index (χ1) is 5.96. The molecule has 0 saturated carbocycles. The molecule has 80 valence electrons. The normalized spacial score (nSPS) is 16.5. The van der Waals surface area contributed by atoms with Crippen molar-refractivity contribution < 1.29 is 13.6 Å². The topological polar surface area (TPSA) is 38.8 Å². The first-order valence-corrected chi connectivity index (χ1v) is 6.10. The molecule has 0 aromatic heterocycles. The molecule has 1 unspecified atom stereocenters. The van der Waals surface area contributed by atoms with Crippen LogP contribution in [0.15, 0.2) is 0 Å². The average molecular weight is 209 g/mol. The van der Waals surface area contributed by atoms with Crippen LogP contribution in [0.3, 0.4) is 0 Å². The highest BCUT2D eigenvalue weighted by Crippen LogP contribution is 2.51. The molecule has 5 heteroatoms. The van der Waals surface area contributed by atoms with Crippen molar-refractivity contribution in [3.8, 4) is 0 Å². The van der Waals surface area contributed by atoms with Crippen molar-refractivity contribution in [2.24, 2.45) is 0 Å². The standard InChI is InChI=1S/C8H20NO3P/c1-6-9(5)13(10,11-7-2)12-8(3)4/h8H,6-7H2,1-5H3. The number of nitrogens with zero attached hydrogens (tertiary/aromatic N) is 1. The zero-order chi connectivity index (χ0) is 10.5. The lowest BCUT2D eigenvalue weighted by atomic mass is 10.5. The SMILES string of the molecule is CCOP(=O)(OC(C)C)N(C)CC. The molecule has 0 N–H and O–H groups in total. The molecule has 0 aliphatic rings. The zero-order valence-electron chi connectivity index (χ0n) is 9.11. The van der Waals surface area contributed by atoms with Crippen molar-refractivity contribution in [2.75, 3.05) is 20.2 Å². The molecule has 0 saturated heterocycles. The molecule has 0 bridgehead atoms. The van der Waals surface area contributed by atoms with Gasteiger partial charge in [-0.15, -0.1) is 0 Å². The maximum Gasteiger partial charge on any atom is 0.408 e. The van der Waals surface area contributed by atoms with Gasteiger partial charge in [-0.3, -0.25) is 9.05 Å². The highest BCUT2D eigenvalue weighted by atomic mass is 31.2. The lowest BCUT2D eigenvalue weighted by Crippen LogP contribution is -2.20. The van der Waals surface area contributed by atoms with Crippen LogP contribution in [0.25, 0.3) is 0 Å². The van der Waals surface area contributed by atoms with Crippen molar-refractivity contribution in [1.82, 2.24) is 4.67 Å². The third-order valence-electron chi connectivity index (χ3n) is 1.51. The summed E-state index contributed by atoms with van der Waals surface area (Å²) in [4.78, 5) is 0. The third-order valence-corrected chi connectivity index (χ3v) is 3.90. The Hall–Kier alpha value is 0.110. The molecule has 4 nitrogen and oxygen atoms in total. The summed E-state index contributed by atoms with van der Waals surface area (Å²) in [5.41, 5.74) is 0. The molecule has 0 aliphatic carbocycles. The molecule has 0 heterocycles. The van der Waals surface area contributed by atoms with Crippen LogP contribution >= 0.6 is 7.75 Å². The second-order valence-corrected chi connectivity index (χ2v) is 5.10. The smallest absolute Gasteiger partial charge is 0.297 e. The fourth-order valence-corrected chi connectivity index (χ4v) is 2.44. The summed E-state index contributed by atoms with van der Waals surface area (Å²) in [6.07, 6.45) is -0.0913. The Kier molecular flexibility index (Phi) is 5.81. The second kappa shape index (κ2) is 5.76. The van der Waals surface area contributed by atoms with Gasteiger partial charge in [0.2, 0.25) is 0 Å². The lowest BCUT2D eigenvalue weighted by molar-refractivity contribution is 0.140. The summed E-state index contributed by atoms with van der Waals surface area (Å²) in [6.45, 7) is 8.44. The van der Waals surface area contributed by atoms with Gasteiger partial charge in [0, 0.05) is 6.54 Å². The molecular formula is C8H20NO3P. The van der Waals surface area contributed by atoms with Gasteiger partial charge < -0.3 is 0 Å². The molecule has 0 rings (SSSR count). The van der Waals surface area contributed by atoms with E-state index < -0.39 is 7.75 Å². The predicted molar refractivity (Wildman–Crippen MR) is 53.8 cm³/mol. The summed E-state index contributed by atoms with van der Waals surface area (Å²) in [6, 6.07) is 0. The fourth-order valence-electron chi connectivity index (χ4n) is 0.812. The summed E-state index contributed by atoms with van der Waals surface area (Å²) in [7, 11) is -1.30. The van der Waals surface area contributed by atoms with Gasteiger partial charge in [-0.05, 0) is 27.8 Å². The van der Waals surface area contributed by atoms with E-state index in [4.69, 9.17) is 9.05 Å². The molecule has 0 spiro atoms. The highest BCUT2D eigenvalue weighted by Gasteiger charge is 2.30. The molecule has 0 aliphatic heterocycles. The molecule has 0 amide bonds. The van der Waals surface area contributed by atoms with Gasteiger partial charge >= 0.3 is 7.75 Å². The Morgan fingerprint density at radius 2 is 1.92 bits per heavy atom. The van der Waals surface area contributed by atoms with Crippen LogP contribution in [-0.2, 0) is 13.6 Å². The van der Waals surface area contributed by atoms with E-state index in [-0.39, 0.29) is 6.10 Å². The van der Waals surface area contributed by atoms with Crippen LogP contribution in [0.1, 0.15) is 27.7 Å². The summed E-state index contributed by atoms with van der Waals surface area (Å²) >= 11 is 0. The molecule has 1 atom stereocenters. The van der Waals surface area contributed by atoms with Crippen molar-refractivity contribution in [3.05, 3.63) is 0 Å². The van der Waals surface area contributed by atoms with Crippen LogP contribution in [0.2, 0.25) is 0 Å². The van der Waals surface area contributed by atoms with E-state index in [9.17, 15) is 4.57 Å². The average Bonchev–Trinajstić information content (AvgIpc) is 2.02. The predicted octanol–water partition coefficient (Wildman–Crippen LogP) is 2.51. The number of hydrogen-bond donors (Lipinski definition) is 0. The Morgan fingerprint density at radius 3 is 2.23 bits per heavy atom. The van der Waals surface area contributed by atoms with E-state index in [1.165, 1.54) is 0 Å². The Labute approximate surface area is 80.8 Å². The van der Waals surface area contributed by atoms with Crippen LogP contribution in [0.5, 0.6) is 0 Å². The monoisotopic (exact) mass is 209 g/mol. The quantitative estimate of drug-likeness (QED) is 0.630. The van der Waals surface area contributed by atoms with Crippen LogP contribution in [-0.4, -0.2) is 31.0 Å². The number of hydrogen-bond acceptors (Lipinski definition) is 3. The van der Waals surface area contributed by atoms with Gasteiger partial charge in [-0.1, -0.05) is 6.92 Å². The van der Waals surface area contributed by atoms with Crippen molar-refractivity contribution in [2.45, 2.75) is 33.8 Å². The van der Waals surface area contributed by atoms with Crippen LogP contribution < -0.4 is 0 Å². The first-order valence-electron chi connectivity index (χ1n) is 4.60. The van der Waals surface area contributed by atoms with Gasteiger partial charge in [-0.2, -0.15) is 0 Å². The minimum atomic E-state index is -3.03. The van der Waals surface area contributed by atoms with E-state index in [1.54, 1.807) is 18.6 Å². The zero-order valence-corrected chi connectivity index (χ0v) is 10.0. The fraction of sp³-hybridized carbons (Fsp3) is 1.00. The molecule has 0 aromatic carbocycles. The van der Waals surface area contributed by atoms with E-state index >= 15 is 0 Å². The van der Waals surface area contributed by atoms with E-state index in [0.29, 0.717) is 13.2 Å². The van der Waals surface area contributed by atoms with Gasteiger partial charge in [0.25, 0.3) is 0 Å². The minimum absolute atomic E-state index is 0.0913. The summed E-state index contributed by atoms with van der Waals surface area (Å²) in [5.74, 6) is 0. The highest BCUT2D eigenvalue weighted by molar-refractivity contribution is 7.51. The third kappa shape index (κ3) is 4.23. The van der Waals surface area contributed by atoms with Gasteiger partial charge in [-0.25, -0.2) is 9.24 Å².